The molecule has 0 saturated heterocycles. The molecule has 440 valence electrons. The Labute approximate surface area is 485 Å². The summed E-state index contributed by atoms with van der Waals surface area (Å²) in [6.07, 6.45) is 0.201. The Morgan fingerprint density at radius 1 is 0.322 bits per heavy atom. The topological polar surface area (TPSA) is 403 Å². The van der Waals surface area contributed by atoms with Crippen molar-refractivity contribution >= 4 is 131 Å². The fourth-order valence-electron chi connectivity index (χ4n) is 12.8. The van der Waals surface area contributed by atoms with E-state index in [2.05, 4.69) is 0 Å². The van der Waals surface area contributed by atoms with Gasteiger partial charge in [0.1, 0.15) is 0 Å². The normalized spacial score (nSPS) is 14.1. The third-order valence-electron chi connectivity index (χ3n) is 17.3. The summed E-state index contributed by atoms with van der Waals surface area (Å²) in [4.78, 5) is 168. The first-order chi connectivity index (χ1) is 41.4. The molecule has 12 N–H and O–H groups in total. The van der Waals surface area contributed by atoms with Crippen LogP contribution in [0.4, 0.5) is 34.1 Å². The van der Waals surface area contributed by atoms with Crippen molar-refractivity contribution in [3.05, 3.63) is 196 Å². The average molecular weight is 1180 g/mol. The number of anilines is 6. The molecule has 0 bridgehead atoms. The van der Waals surface area contributed by atoms with E-state index in [4.69, 9.17) is 48.6 Å². The first-order valence-electron chi connectivity index (χ1n) is 27.6. The summed E-state index contributed by atoms with van der Waals surface area (Å²) >= 11 is 0. The third kappa shape index (κ3) is 7.94. The molecule has 24 nitrogen and oxygen atoms in total. The van der Waals surface area contributed by atoms with Gasteiger partial charge < -0.3 is 48.6 Å². The van der Waals surface area contributed by atoms with E-state index in [9.17, 15) is 57.5 Å². The van der Waals surface area contributed by atoms with E-state index in [1.54, 1.807) is 43.3 Å². The highest BCUT2D eigenvalue weighted by molar-refractivity contribution is 6.23. The van der Waals surface area contributed by atoms with Gasteiger partial charge in [0.2, 0.25) is 0 Å². The fourth-order valence-corrected chi connectivity index (χ4v) is 12.8. The van der Waals surface area contributed by atoms with Crippen molar-refractivity contribution in [2.45, 2.75) is 52.2 Å². The molecule has 0 saturated carbocycles. The summed E-state index contributed by atoms with van der Waals surface area (Å²) < 4.78 is 21.5. The van der Waals surface area contributed by atoms with Crippen LogP contribution in [-0.4, -0.2) is 53.3 Å². The molecule has 3 aromatic heterocycles. The predicted molar refractivity (Wildman–Crippen MR) is 339 cm³/mol. The van der Waals surface area contributed by atoms with E-state index in [1.165, 1.54) is 57.2 Å². The Morgan fingerprint density at radius 3 is 0.655 bits per heavy atom. The molecular formula is C63H53N9O15. The van der Waals surface area contributed by atoms with Gasteiger partial charge in [-0.25, -0.2) is 0 Å². The second kappa shape index (κ2) is 20.3. The number of nitrogens with two attached hydrogens (primary N) is 6. The SMILES string of the molecule is CCC(COCC(C)n1c(=O)c2c(N)c3c(=O)c4ccccc4c(=O)c3c(N)c2c1=O)(COCC(C)n1c(=O)c2c(N)c3c(=O)c4ccccc4c(=O)c3c(N)c2c1=O)COCC(C)n1c(=O)c2c(N)c3c(=O)c4ccccc4c(=O)c3c(N)c2c1=O. The van der Waals surface area contributed by atoms with Gasteiger partial charge in [0.25, 0.3) is 33.4 Å². The molecule has 24 heteroatoms. The number of nitrogens with zero attached hydrogens (tertiary/aromatic N) is 3. The Balaban J connectivity index is 0.865. The molecule has 0 aliphatic rings. The molecule has 12 rings (SSSR count). The van der Waals surface area contributed by atoms with Crippen molar-refractivity contribution in [3.8, 4) is 0 Å². The lowest BCUT2D eigenvalue weighted by molar-refractivity contribution is -0.0815. The second-order valence-corrected chi connectivity index (χ2v) is 22.5. The van der Waals surface area contributed by atoms with Crippen LogP contribution in [0, 0.1) is 5.41 Å². The Bertz CT molecular complexity index is 4890. The predicted octanol–water partition coefficient (Wildman–Crippen LogP) is 2.44. The zero-order chi connectivity index (χ0) is 62.3. The van der Waals surface area contributed by atoms with Crippen LogP contribution < -0.4 is 100 Å². The Morgan fingerprint density at radius 2 is 0.494 bits per heavy atom. The highest BCUT2D eigenvalue weighted by Crippen LogP contribution is 2.36. The summed E-state index contributed by atoms with van der Waals surface area (Å²) in [5.74, 6) is 0. The number of rotatable bonds is 16. The Hall–Kier alpha value is -10.6. The number of fused-ring (bicyclic) bond motifs is 9. The molecule has 0 radical (unpaired) electrons. The molecule has 3 unspecified atom stereocenters. The van der Waals surface area contributed by atoms with Crippen LogP contribution in [-0.2, 0) is 14.2 Å². The van der Waals surface area contributed by atoms with E-state index in [1.807, 2.05) is 0 Å². The van der Waals surface area contributed by atoms with E-state index < -0.39 is 89.5 Å². The average Bonchev–Trinajstić information content (AvgIpc) is 1.82. The lowest BCUT2D eigenvalue weighted by atomic mass is 9.88. The lowest BCUT2D eigenvalue weighted by Crippen LogP contribution is -2.40. The minimum atomic E-state index is -1.19. The monoisotopic (exact) mass is 1180 g/mol. The van der Waals surface area contributed by atoms with E-state index in [0.29, 0.717) is 0 Å². The van der Waals surface area contributed by atoms with Gasteiger partial charge in [-0.2, -0.15) is 0 Å². The summed E-state index contributed by atoms with van der Waals surface area (Å²) in [5, 5.41) is -3.50. The summed E-state index contributed by atoms with van der Waals surface area (Å²) in [5.41, 5.74) is 26.3. The van der Waals surface area contributed by atoms with Crippen LogP contribution in [0.2, 0.25) is 0 Å². The van der Waals surface area contributed by atoms with Gasteiger partial charge in [0.15, 0.2) is 32.6 Å². The maximum Gasteiger partial charge on any atom is 0.264 e. The molecule has 0 spiro atoms. The van der Waals surface area contributed by atoms with Crippen LogP contribution in [0.15, 0.2) is 130 Å². The van der Waals surface area contributed by atoms with Crippen molar-refractivity contribution in [2.75, 3.05) is 74.0 Å². The van der Waals surface area contributed by atoms with Gasteiger partial charge in [-0.3, -0.25) is 71.2 Å². The quantitative estimate of drug-likeness (QED) is 0.0459. The van der Waals surface area contributed by atoms with Crippen molar-refractivity contribution in [1.82, 2.24) is 13.7 Å². The molecule has 0 fully saturated rings. The molecule has 12 aromatic rings. The minimum absolute atomic E-state index is 0.0514. The van der Waals surface area contributed by atoms with Crippen LogP contribution in [0.3, 0.4) is 0 Å². The van der Waals surface area contributed by atoms with Crippen LogP contribution >= 0.6 is 0 Å². The van der Waals surface area contributed by atoms with Crippen LogP contribution in [0.5, 0.6) is 0 Å². The molecule has 3 atom stereocenters. The van der Waals surface area contributed by atoms with Gasteiger partial charge in [-0.15, -0.1) is 0 Å². The van der Waals surface area contributed by atoms with Gasteiger partial charge in [-0.05, 0) is 27.2 Å². The highest BCUT2D eigenvalue weighted by Gasteiger charge is 2.35. The van der Waals surface area contributed by atoms with Gasteiger partial charge in [0, 0.05) is 37.7 Å². The molecule has 3 heterocycles. The van der Waals surface area contributed by atoms with Gasteiger partial charge in [-0.1, -0.05) is 79.7 Å². The number of nitrogen functional groups attached to an aromatic ring is 6. The molecular weight excluding hydrogens is 1120 g/mol. The number of benzene rings is 9. The van der Waals surface area contributed by atoms with E-state index in [-0.39, 0.29) is 177 Å². The standard InChI is InChI=1S/C63H53N9O15/c1-5-63(21-85-18-24(2)70-57(79)39-40(58(70)80)46(65)34-33(45(39)64)51(73)27-12-6-7-13-28(27)52(34)74,22-86-19-25(3)71-59(81)41-42(60(71)82)48(67)36-35(47(41)66)53(75)29-14-8-9-15-30(29)54(36)76)23-87-20-26(4)72-61(83)43-44(62(72)84)50(69)38-37(49(43)68)55(77)31-16-10-11-17-32(31)56(38)78/h6-17,24-26H,5,18-23,64-69H2,1-4H3. The zero-order valence-electron chi connectivity index (χ0n) is 47.0. The summed E-state index contributed by atoms with van der Waals surface area (Å²) in [6, 6.07) is 14.9. The summed E-state index contributed by atoms with van der Waals surface area (Å²) in [6.45, 7) is 4.56. The van der Waals surface area contributed by atoms with Crippen LogP contribution in [0.25, 0.3) is 97.0 Å². The minimum Gasteiger partial charge on any atom is -0.397 e. The van der Waals surface area contributed by atoms with Crippen LogP contribution in [0.1, 0.15) is 52.2 Å². The fraction of sp³-hybridized carbons (Fsp3) is 0.238. The van der Waals surface area contributed by atoms with E-state index in [0.717, 1.165) is 13.7 Å². The van der Waals surface area contributed by atoms with Crippen molar-refractivity contribution in [2.24, 2.45) is 5.41 Å². The van der Waals surface area contributed by atoms with Crippen molar-refractivity contribution in [3.63, 3.8) is 0 Å². The first-order valence-corrected chi connectivity index (χ1v) is 27.6. The number of hydrogen-bond donors (Lipinski definition) is 6. The van der Waals surface area contributed by atoms with Crippen molar-refractivity contribution in [1.29, 1.82) is 0 Å². The van der Waals surface area contributed by atoms with Gasteiger partial charge in [0.05, 0.1) is 157 Å². The smallest absolute Gasteiger partial charge is 0.264 e. The third-order valence-corrected chi connectivity index (χ3v) is 17.3. The number of ether oxygens (including phenoxy) is 3. The zero-order valence-corrected chi connectivity index (χ0v) is 47.0. The largest absolute Gasteiger partial charge is 0.397 e. The molecule has 0 aliphatic heterocycles. The number of aromatic nitrogens is 3. The van der Waals surface area contributed by atoms with Gasteiger partial charge >= 0.3 is 0 Å². The number of hydrogen-bond acceptors (Lipinski definition) is 21. The first kappa shape index (κ1) is 56.9. The second-order valence-electron chi connectivity index (χ2n) is 22.5. The maximum atomic E-state index is 14.3. The summed E-state index contributed by atoms with van der Waals surface area (Å²) in [7, 11) is 0. The van der Waals surface area contributed by atoms with Crippen molar-refractivity contribution < 1.29 is 14.2 Å². The highest BCUT2D eigenvalue weighted by atomic mass is 16.5. The molecule has 0 aliphatic carbocycles. The van der Waals surface area contributed by atoms with E-state index >= 15 is 0 Å². The maximum absolute atomic E-state index is 14.3. The molecule has 9 aromatic carbocycles. The Kier molecular flexibility index (Phi) is 13.3. The lowest BCUT2D eigenvalue weighted by Gasteiger charge is -2.33. The molecule has 87 heavy (non-hydrogen) atoms. The molecule has 0 amide bonds.